The highest BCUT2D eigenvalue weighted by Crippen LogP contribution is 2.28. The topological polar surface area (TPSA) is 43.4 Å². The van der Waals surface area contributed by atoms with E-state index in [9.17, 15) is 8.42 Å². The van der Waals surface area contributed by atoms with Crippen LogP contribution in [0.15, 0.2) is 35.2 Å². The molecule has 0 bridgehead atoms. The summed E-state index contributed by atoms with van der Waals surface area (Å²) in [5.74, 6) is 0.284. The highest BCUT2D eigenvalue weighted by atomic mass is 35.7. The monoisotopic (exact) mass is 274 g/mol. The minimum atomic E-state index is -3.78. The highest BCUT2D eigenvalue weighted by Gasteiger charge is 2.16. The van der Waals surface area contributed by atoms with Crippen molar-refractivity contribution in [3.63, 3.8) is 0 Å². The lowest BCUT2D eigenvalue weighted by Crippen LogP contribution is -2.02. The van der Waals surface area contributed by atoms with Crippen molar-refractivity contribution >= 4 is 19.7 Å². The van der Waals surface area contributed by atoms with Gasteiger partial charge in [0.05, 0.1) is 6.61 Å². The lowest BCUT2D eigenvalue weighted by molar-refractivity contribution is 0.313. The van der Waals surface area contributed by atoms with E-state index in [-0.39, 0.29) is 10.6 Å². The molecule has 1 aromatic carbocycles. The Bertz CT molecular complexity index is 521. The molecule has 94 valence electrons. The van der Waals surface area contributed by atoms with Crippen LogP contribution in [0.5, 0.6) is 5.75 Å². The molecule has 0 heterocycles. The van der Waals surface area contributed by atoms with E-state index in [1.165, 1.54) is 6.07 Å². The fraction of sp³-hybridized carbons (Fsp3) is 0.333. The van der Waals surface area contributed by atoms with Gasteiger partial charge in [-0.3, -0.25) is 0 Å². The summed E-state index contributed by atoms with van der Waals surface area (Å²) in [7, 11) is 1.57. The standard InChI is InChI=1S/C12H15ClO3S/c1-9(2)6-7-16-11-5-4-10(3)8-12(11)17(13,14)15/h4-5,8H,1,6-7H2,2-3H3. The lowest BCUT2D eigenvalue weighted by Gasteiger charge is -2.10. The van der Waals surface area contributed by atoms with Crippen molar-refractivity contribution in [3.8, 4) is 5.75 Å². The summed E-state index contributed by atoms with van der Waals surface area (Å²) < 4.78 is 28.1. The van der Waals surface area contributed by atoms with Crippen molar-refractivity contribution in [1.29, 1.82) is 0 Å². The Balaban J connectivity index is 2.95. The molecule has 0 unspecified atom stereocenters. The molecule has 0 radical (unpaired) electrons. The summed E-state index contributed by atoms with van der Waals surface area (Å²) in [6.07, 6.45) is 0.676. The van der Waals surface area contributed by atoms with Gasteiger partial charge in [-0.25, -0.2) is 8.42 Å². The molecular formula is C12H15ClO3S. The summed E-state index contributed by atoms with van der Waals surface area (Å²) >= 11 is 0. The van der Waals surface area contributed by atoms with Crippen molar-refractivity contribution in [2.75, 3.05) is 6.61 Å². The SMILES string of the molecule is C=C(C)CCOc1ccc(C)cc1S(=O)(=O)Cl. The Morgan fingerprint density at radius 1 is 1.47 bits per heavy atom. The van der Waals surface area contributed by atoms with E-state index in [2.05, 4.69) is 6.58 Å². The predicted molar refractivity (Wildman–Crippen MR) is 69.1 cm³/mol. The minimum absolute atomic E-state index is 0.0147. The first-order valence-corrected chi connectivity index (χ1v) is 7.44. The van der Waals surface area contributed by atoms with E-state index in [0.717, 1.165) is 11.1 Å². The number of rotatable bonds is 5. The Hall–Kier alpha value is -1.00. The van der Waals surface area contributed by atoms with E-state index < -0.39 is 9.05 Å². The smallest absolute Gasteiger partial charge is 0.264 e. The number of hydrogen-bond donors (Lipinski definition) is 0. The van der Waals surface area contributed by atoms with Gasteiger partial charge in [0.25, 0.3) is 9.05 Å². The molecule has 0 amide bonds. The molecule has 0 saturated carbocycles. The van der Waals surface area contributed by atoms with Gasteiger partial charge in [-0.15, -0.1) is 6.58 Å². The zero-order chi connectivity index (χ0) is 13.1. The summed E-state index contributed by atoms with van der Waals surface area (Å²) in [4.78, 5) is 0.0147. The fourth-order valence-electron chi connectivity index (χ4n) is 1.26. The zero-order valence-electron chi connectivity index (χ0n) is 9.86. The molecule has 5 heteroatoms. The molecule has 3 nitrogen and oxygen atoms in total. The molecule has 1 rings (SSSR count). The van der Waals surface area contributed by atoms with Gasteiger partial charge in [-0.2, -0.15) is 0 Å². The van der Waals surface area contributed by atoms with Crippen molar-refractivity contribution in [3.05, 3.63) is 35.9 Å². The Morgan fingerprint density at radius 3 is 2.65 bits per heavy atom. The molecule has 0 aliphatic heterocycles. The van der Waals surface area contributed by atoms with E-state index in [1.54, 1.807) is 19.1 Å². The number of benzene rings is 1. The van der Waals surface area contributed by atoms with E-state index in [4.69, 9.17) is 15.4 Å². The van der Waals surface area contributed by atoms with Crippen LogP contribution in [0.4, 0.5) is 0 Å². The van der Waals surface area contributed by atoms with Crippen LogP contribution < -0.4 is 4.74 Å². The van der Waals surface area contributed by atoms with Crippen LogP contribution in [-0.2, 0) is 9.05 Å². The third-order valence-corrected chi connectivity index (χ3v) is 3.49. The maximum Gasteiger partial charge on any atom is 0.264 e. The molecule has 0 fully saturated rings. The van der Waals surface area contributed by atoms with Crippen LogP contribution in [0.1, 0.15) is 18.9 Å². The third kappa shape index (κ3) is 4.40. The quantitative estimate of drug-likeness (QED) is 0.611. The van der Waals surface area contributed by atoms with Gasteiger partial charge in [0.15, 0.2) is 0 Å². The number of ether oxygens (including phenoxy) is 1. The molecule has 0 atom stereocenters. The Labute approximate surface area is 106 Å². The van der Waals surface area contributed by atoms with Crippen LogP contribution in [0.2, 0.25) is 0 Å². The second-order valence-electron chi connectivity index (χ2n) is 3.94. The predicted octanol–water partition coefficient (Wildman–Crippen LogP) is 3.27. The zero-order valence-corrected chi connectivity index (χ0v) is 11.4. The van der Waals surface area contributed by atoms with Crippen LogP contribution >= 0.6 is 10.7 Å². The van der Waals surface area contributed by atoms with Gasteiger partial charge in [-0.05, 0) is 31.5 Å². The average molecular weight is 275 g/mol. The average Bonchev–Trinajstić information content (AvgIpc) is 2.18. The van der Waals surface area contributed by atoms with Gasteiger partial charge >= 0.3 is 0 Å². The lowest BCUT2D eigenvalue weighted by atomic mass is 10.2. The highest BCUT2D eigenvalue weighted by molar-refractivity contribution is 8.13. The van der Waals surface area contributed by atoms with Crippen molar-refractivity contribution < 1.29 is 13.2 Å². The van der Waals surface area contributed by atoms with Gasteiger partial charge in [0.1, 0.15) is 10.6 Å². The molecule has 0 aliphatic carbocycles. The molecule has 17 heavy (non-hydrogen) atoms. The van der Waals surface area contributed by atoms with E-state index >= 15 is 0 Å². The molecule has 0 aromatic heterocycles. The summed E-state index contributed by atoms with van der Waals surface area (Å²) in [6, 6.07) is 4.89. The molecular weight excluding hydrogens is 260 g/mol. The molecule has 0 spiro atoms. The van der Waals surface area contributed by atoms with Gasteiger partial charge < -0.3 is 4.74 Å². The van der Waals surface area contributed by atoms with E-state index in [1.807, 2.05) is 6.92 Å². The van der Waals surface area contributed by atoms with Crippen molar-refractivity contribution in [2.24, 2.45) is 0 Å². The van der Waals surface area contributed by atoms with Gasteiger partial charge in [0.2, 0.25) is 0 Å². The van der Waals surface area contributed by atoms with Crippen LogP contribution in [0.25, 0.3) is 0 Å². The van der Waals surface area contributed by atoms with Gasteiger partial charge in [-0.1, -0.05) is 11.6 Å². The molecule has 0 saturated heterocycles. The first-order chi connectivity index (χ1) is 7.80. The number of aryl methyl sites for hydroxylation is 1. The first kappa shape index (κ1) is 14.1. The van der Waals surface area contributed by atoms with E-state index in [0.29, 0.717) is 13.0 Å². The first-order valence-electron chi connectivity index (χ1n) is 5.13. The summed E-state index contributed by atoms with van der Waals surface area (Å²) in [6.45, 7) is 7.82. The summed E-state index contributed by atoms with van der Waals surface area (Å²) in [5.41, 5.74) is 1.80. The van der Waals surface area contributed by atoms with Crippen molar-refractivity contribution in [1.82, 2.24) is 0 Å². The Kier molecular flexibility index (Phi) is 4.60. The molecule has 0 aliphatic rings. The second kappa shape index (κ2) is 5.56. The minimum Gasteiger partial charge on any atom is -0.492 e. The largest absolute Gasteiger partial charge is 0.492 e. The normalized spacial score (nSPS) is 11.2. The summed E-state index contributed by atoms with van der Waals surface area (Å²) in [5, 5.41) is 0. The third-order valence-electron chi connectivity index (χ3n) is 2.15. The van der Waals surface area contributed by atoms with Crippen LogP contribution in [0, 0.1) is 6.92 Å². The number of halogens is 1. The Morgan fingerprint density at radius 2 is 2.12 bits per heavy atom. The molecule has 1 aromatic rings. The van der Waals surface area contributed by atoms with Crippen molar-refractivity contribution in [2.45, 2.75) is 25.2 Å². The van der Waals surface area contributed by atoms with Gasteiger partial charge in [0, 0.05) is 17.1 Å². The maximum absolute atomic E-state index is 11.4. The van der Waals surface area contributed by atoms with Crippen LogP contribution in [-0.4, -0.2) is 15.0 Å². The second-order valence-corrected chi connectivity index (χ2v) is 6.48. The number of hydrogen-bond acceptors (Lipinski definition) is 3. The molecule has 0 N–H and O–H groups in total. The van der Waals surface area contributed by atoms with Crippen LogP contribution in [0.3, 0.4) is 0 Å². The maximum atomic E-state index is 11.4. The fourth-order valence-corrected chi connectivity index (χ4v) is 2.32.